The Hall–Kier alpha value is -6.44. The molecule has 406 valence electrons. The van der Waals surface area contributed by atoms with Crippen molar-refractivity contribution in [2.45, 2.75) is 88.6 Å². The smallest absolute Gasteiger partial charge is 0.252 e. The summed E-state index contributed by atoms with van der Waals surface area (Å²) in [5.74, 6) is 0. The van der Waals surface area contributed by atoms with E-state index in [0.717, 1.165) is 13.0 Å². The van der Waals surface area contributed by atoms with E-state index in [4.69, 9.17) is 0 Å². The minimum Gasteiger partial charge on any atom is -0.252 e. The van der Waals surface area contributed by atoms with Crippen molar-refractivity contribution < 1.29 is 110 Å². The maximum absolute atomic E-state index is 14.2. The van der Waals surface area contributed by atoms with Crippen molar-refractivity contribution in [3.63, 3.8) is 0 Å². The Kier molecular flexibility index (Phi) is 16.9. The van der Waals surface area contributed by atoms with Gasteiger partial charge in [0.2, 0.25) is 0 Å². The third-order valence-electron chi connectivity index (χ3n) is 11.6. The largest absolute Gasteiger partial charge is 0.416 e. The molecule has 0 fully saturated rings. The average Bonchev–Trinajstić information content (AvgIpc) is 3.28. The molecule has 2 nitrogen and oxygen atoms in total. The molecule has 0 unspecified atom stereocenters. The highest BCUT2D eigenvalue weighted by atomic mass is 19.4. The number of nitrogens with zero attached hydrogens (tertiary/aromatic N) is 2. The van der Waals surface area contributed by atoms with Crippen LogP contribution in [0, 0.1) is 0 Å². The van der Waals surface area contributed by atoms with Crippen LogP contribution in [0.2, 0.25) is 0 Å². The molecule has 1 aromatic heterocycles. The maximum atomic E-state index is 14.2. The van der Waals surface area contributed by atoms with E-state index in [1.165, 1.54) is 30.5 Å². The highest BCUT2D eigenvalue weighted by molar-refractivity contribution is 7.20. The van der Waals surface area contributed by atoms with Gasteiger partial charge in [0.25, 0.3) is 0 Å². The Balaban J connectivity index is 0.000000483. The van der Waals surface area contributed by atoms with Gasteiger partial charge in [0.15, 0.2) is 18.4 Å². The summed E-state index contributed by atoms with van der Waals surface area (Å²) in [7, 11) is 0. The minimum absolute atomic E-state index is 0.691. The molecule has 0 aliphatic carbocycles. The van der Waals surface area contributed by atoms with Gasteiger partial charge in [0.05, 0.1) is 56.9 Å². The minimum atomic E-state index is -6.13. The molecule has 1 heterocycles. The number of unbranched alkanes of at least 4 members (excludes halogenated alkanes) is 2. The van der Waals surface area contributed by atoms with Crippen molar-refractivity contribution in [3.05, 3.63) is 177 Å². The molecule has 0 N–H and O–H groups in total. The van der Waals surface area contributed by atoms with Gasteiger partial charge in [-0.25, -0.2) is 0 Å². The van der Waals surface area contributed by atoms with Crippen LogP contribution in [0.25, 0.3) is 0 Å². The van der Waals surface area contributed by atoms with Crippen LogP contribution < -0.4 is 26.4 Å². The first kappa shape index (κ1) is 59.4. The van der Waals surface area contributed by atoms with Gasteiger partial charge < -0.3 is 0 Å². The quantitative estimate of drug-likeness (QED) is 0.0578. The summed E-state index contributed by atoms with van der Waals surface area (Å²) in [6, 6.07) is 1.77. The highest BCUT2D eigenvalue weighted by Gasteiger charge is 2.47. The van der Waals surface area contributed by atoms with Gasteiger partial charge in [-0.2, -0.15) is 132 Å². The fraction of sp³-hybridized carbons (Fsp3) is 0.292. The number of hydrogen-bond donors (Lipinski definition) is 0. The standard InChI is InChI=1S/C32H12BF24.C16H21N2/c34-25(35,36)13-1-14(26(37,38)39)6-21(5-13)33(22-7-15(27(40,41)42)2-16(8-22)28(43,44)45,23-9-17(29(46,47)48)3-18(10-23)30(49,50)51)24-11-19(31(52,53)54)4-20(12-24)32(55,56)57;1-2-3-5-10-16-13-17-11-12-18(16)14-15-8-6-4-7-9-15/h1-12H;4,6-9,11-13H,2-3,5,10,14H2,1H3/q-1;+1. The summed E-state index contributed by atoms with van der Waals surface area (Å²) in [5, 5.41) is 0. The lowest BCUT2D eigenvalue weighted by Crippen LogP contribution is -2.75. The molecule has 0 aliphatic heterocycles. The van der Waals surface area contributed by atoms with Gasteiger partial charge in [0, 0.05) is 12.0 Å². The molecule has 6 rings (SSSR count). The molecule has 0 bridgehead atoms. The van der Waals surface area contributed by atoms with Gasteiger partial charge >= 0.3 is 49.4 Å². The topological polar surface area (TPSA) is 16.8 Å². The van der Waals surface area contributed by atoms with Gasteiger partial charge in [-0.1, -0.05) is 98.6 Å². The zero-order valence-corrected chi connectivity index (χ0v) is 37.6. The van der Waals surface area contributed by atoms with E-state index in [-0.39, 0.29) is 0 Å². The number of halogens is 24. The first-order valence-electron chi connectivity index (χ1n) is 21.4. The molecule has 0 atom stereocenters. The van der Waals surface area contributed by atoms with Crippen LogP contribution >= 0.6 is 0 Å². The van der Waals surface area contributed by atoms with E-state index in [1.54, 1.807) is 0 Å². The second kappa shape index (κ2) is 21.3. The Morgan fingerprint density at radius 3 is 0.920 bits per heavy atom. The van der Waals surface area contributed by atoms with Gasteiger partial charge in [-0.05, 0) is 30.7 Å². The van der Waals surface area contributed by atoms with Gasteiger partial charge in [-0.3, -0.25) is 4.98 Å². The van der Waals surface area contributed by atoms with Crippen molar-refractivity contribution >= 4 is 28.0 Å². The number of aromatic nitrogens is 2. The molecular weight excluding hydrogens is 1070 g/mol. The highest BCUT2D eigenvalue weighted by Crippen LogP contribution is 2.41. The Bertz CT molecular complexity index is 2490. The summed E-state index contributed by atoms with van der Waals surface area (Å²) < 4.78 is 343. The lowest BCUT2D eigenvalue weighted by Gasteiger charge is -2.46. The van der Waals surface area contributed by atoms with Crippen LogP contribution in [-0.2, 0) is 62.4 Å². The summed E-state index contributed by atoms with van der Waals surface area (Å²) in [4.78, 5) is 4.24. The molecule has 0 aliphatic rings. The van der Waals surface area contributed by atoms with Gasteiger partial charge in [0.1, 0.15) is 6.15 Å². The van der Waals surface area contributed by atoms with E-state index in [9.17, 15) is 105 Å². The molecule has 27 heteroatoms. The first-order valence-corrected chi connectivity index (χ1v) is 21.4. The Labute approximate surface area is 408 Å². The molecule has 5 aromatic carbocycles. The van der Waals surface area contributed by atoms with E-state index in [1.807, 2.05) is 12.4 Å². The molecule has 0 saturated heterocycles. The fourth-order valence-corrected chi connectivity index (χ4v) is 8.19. The van der Waals surface area contributed by atoms with E-state index >= 15 is 0 Å². The van der Waals surface area contributed by atoms with Crippen LogP contribution in [0.1, 0.15) is 82.0 Å². The first-order chi connectivity index (χ1) is 34.2. The fourth-order valence-electron chi connectivity index (χ4n) is 8.19. The summed E-state index contributed by atoms with van der Waals surface area (Å²) >= 11 is 0. The van der Waals surface area contributed by atoms with E-state index in [0.29, 0.717) is 0 Å². The summed E-state index contributed by atoms with van der Waals surface area (Å²) in [6.07, 6.45) is -43.9. The third kappa shape index (κ3) is 14.5. The van der Waals surface area contributed by atoms with Crippen molar-refractivity contribution in [3.8, 4) is 0 Å². The SMILES string of the molecule is CCCCCc1cncc[n+]1Cc1ccccc1.FC(F)(F)c1cc([B-](c2cc(C(F)(F)F)cc(C(F)(F)F)c2)(c2cc(C(F)(F)F)cc(C(F)(F)F)c2)c2cc(C(F)(F)F)cc(C(F)(F)F)c2)cc(C(F)(F)F)c1. The maximum Gasteiger partial charge on any atom is 0.416 e. The van der Waals surface area contributed by atoms with Gasteiger partial charge in [-0.15, -0.1) is 0 Å². The molecular formula is C48H33BF24N2. The second-order valence-corrected chi connectivity index (χ2v) is 16.9. The molecule has 0 radical (unpaired) electrons. The number of aryl methyl sites for hydroxylation is 1. The van der Waals surface area contributed by atoms with Crippen molar-refractivity contribution in [2.24, 2.45) is 0 Å². The number of rotatable bonds is 10. The number of hydrogen-bond acceptors (Lipinski definition) is 1. The van der Waals surface area contributed by atoms with E-state index < -0.39 is 195 Å². The zero-order valence-electron chi connectivity index (χ0n) is 37.6. The predicted molar refractivity (Wildman–Crippen MR) is 223 cm³/mol. The van der Waals surface area contributed by atoms with Crippen LogP contribution in [0.15, 0.2) is 122 Å². The van der Waals surface area contributed by atoms with Crippen LogP contribution in [0.5, 0.6) is 0 Å². The zero-order chi connectivity index (χ0) is 56.5. The Morgan fingerprint density at radius 2 is 0.667 bits per heavy atom. The molecule has 0 amide bonds. The van der Waals surface area contributed by atoms with Crippen LogP contribution in [-0.4, -0.2) is 11.1 Å². The second-order valence-electron chi connectivity index (χ2n) is 16.9. The van der Waals surface area contributed by atoms with Crippen molar-refractivity contribution in [2.75, 3.05) is 0 Å². The number of alkyl halides is 24. The van der Waals surface area contributed by atoms with Crippen LogP contribution in [0.3, 0.4) is 0 Å². The summed E-state index contributed by atoms with van der Waals surface area (Å²) in [6.45, 7) is 3.17. The monoisotopic (exact) mass is 1100 g/mol. The number of benzene rings is 5. The Morgan fingerprint density at radius 1 is 0.387 bits per heavy atom. The molecule has 6 aromatic rings. The predicted octanol–water partition coefficient (Wildman–Crippen LogP) is 14.4. The average molecular weight is 1100 g/mol. The summed E-state index contributed by atoms with van der Waals surface area (Å²) in [5.41, 5.74) is -27.5. The normalized spacial score (nSPS) is 13.4. The van der Waals surface area contributed by atoms with Crippen molar-refractivity contribution in [1.29, 1.82) is 0 Å². The lowest BCUT2D eigenvalue weighted by atomic mass is 9.12. The molecule has 0 spiro atoms. The van der Waals surface area contributed by atoms with Crippen LogP contribution in [0.4, 0.5) is 105 Å². The van der Waals surface area contributed by atoms with Crippen molar-refractivity contribution in [1.82, 2.24) is 4.98 Å². The molecule has 75 heavy (non-hydrogen) atoms. The molecule has 0 saturated carbocycles. The third-order valence-corrected chi connectivity index (χ3v) is 11.6. The van der Waals surface area contributed by atoms with E-state index in [2.05, 4.69) is 53.0 Å². The lowest BCUT2D eigenvalue weighted by molar-refractivity contribution is -0.696.